The molecular formula is C38H48N10O14. The van der Waals surface area contributed by atoms with Crippen LogP contribution in [0.3, 0.4) is 0 Å². The zero-order valence-electron chi connectivity index (χ0n) is 33.4. The summed E-state index contributed by atoms with van der Waals surface area (Å²) in [6.07, 6.45) is 0. The van der Waals surface area contributed by atoms with Crippen molar-refractivity contribution in [2.75, 3.05) is 91.9 Å². The van der Waals surface area contributed by atoms with Gasteiger partial charge in [-0.05, 0) is 24.3 Å². The van der Waals surface area contributed by atoms with Gasteiger partial charge in [0.15, 0.2) is 0 Å². The zero-order valence-corrected chi connectivity index (χ0v) is 33.4. The maximum Gasteiger partial charge on any atom is 0.283 e. The number of pyridine rings is 4. The highest BCUT2D eigenvalue weighted by molar-refractivity contribution is 5.93. The second kappa shape index (κ2) is 24.1. The minimum Gasteiger partial charge on any atom is -0.425 e. The number of hydrogen-bond acceptors (Lipinski definition) is 16. The van der Waals surface area contributed by atoms with Crippen LogP contribution in [-0.2, 0) is 9.47 Å². The average Bonchev–Trinajstić information content (AvgIpc) is 3.24. The quantitative estimate of drug-likeness (QED) is 0.0242. The molecule has 0 saturated carbocycles. The molecule has 4 aromatic rings. The molecule has 0 saturated heterocycles. The van der Waals surface area contributed by atoms with E-state index in [2.05, 4.69) is 21.3 Å². The van der Waals surface area contributed by atoms with E-state index in [0.29, 0.717) is 13.1 Å². The minimum absolute atomic E-state index is 0.0845. The summed E-state index contributed by atoms with van der Waals surface area (Å²) in [6, 6.07) is 14.8. The van der Waals surface area contributed by atoms with Gasteiger partial charge < -0.3 is 51.6 Å². The summed E-state index contributed by atoms with van der Waals surface area (Å²) in [5.41, 5.74) is -4.14. The largest absolute Gasteiger partial charge is 0.425 e. The molecular weight excluding hydrogens is 820 g/mol. The highest BCUT2D eigenvalue weighted by atomic mass is 16.5. The molecule has 334 valence electrons. The number of hydrogen-bond donors (Lipinski definition) is 8. The maximum atomic E-state index is 12.6. The Labute approximate surface area is 351 Å². The van der Waals surface area contributed by atoms with E-state index < -0.39 is 45.9 Å². The van der Waals surface area contributed by atoms with Crippen molar-refractivity contribution in [2.24, 2.45) is 0 Å². The standard InChI is InChI=1S/C38H48N10O14/c49-31-9-1-5-27(45(31)57)35(53)39-13-17-43(18-14-40-36(54)28-6-2-10-32(50)46(28)58)21-23-61-25-26-62-24-22-44(19-15-41-37(55)29-7-3-11-33(51)47(29)59)20-16-42-38(56)30-8-4-12-34(52)48(30)60/h1-12,57-60H,13-26H2,(H,39,53)(H,40,54)(H,41,55)(H,42,56). The molecule has 24 nitrogen and oxygen atoms in total. The normalized spacial score (nSPS) is 11.1. The number of rotatable bonds is 25. The maximum absolute atomic E-state index is 12.6. The lowest BCUT2D eigenvalue weighted by atomic mass is 10.3. The summed E-state index contributed by atoms with van der Waals surface area (Å²) in [5, 5.41) is 50.1. The van der Waals surface area contributed by atoms with Gasteiger partial charge in [-0.2, -0.15) is 0 Å². The second-order valence-corrected chi connectivity index (χ2v) is 13.2. The van der Waals surface area contributed by atoms with Crippen molar-refractivity contribution in [1.82, 2.24) is 50.0 Å². The molecule has 4 aromatic heterocycles. The smallest absolute Gasteiger partial charge is 0.283 e. The zero-order chi connectivity index (χ0) is 45.0. The molecule has 8 N–H and O–H groups in total. The number of carbonyl (C=O) groups excluding carboxylic acids is 4. The van der Waals surface area contributed by atoms with Gasteiger partial charge in [-0.15, -0.1) is 18.9 Å². The van der Waals surface area contributed by atoms with Crippen LogP contribution in [0.25, 0.3) is 0 Å². The SMILES string of the molecule is O=C(NCCN(CCNC(=O)c1cccc(=O)n1O)CCOCCOCCN(CCNC(=O)c1cccc(=O)n1O)CCNC(=O)c1cccc(=O)n1O)c1cccc(=O)n1O. The Balaban J connectivity index is 1.24. The number of aromatic nitrogens is 4. The minimum atomic E-state index is -0.777. The molecule has 0 aliphatic rings. The summed E-state index contributed by atoms with van der Waals surface area (Å²) in [5.74, 6) is -2.77. The molecule has 62 heavy (non-hydrogen) atoms. The lowest BCUT2D eigenvalue weighted by Crippen LogP contribution is -2.42. The predicted octanol–water partition coefficient (Wildman–Crippen LogP) is -3.06. The lowest BCUT2D eigenvalue weighted by Gasteiger charge is -2.23. The topological polar surface area (TPSA) is 310 Å². The third-order valence-corrected chi connectivity index (χ3v) is 8.98. The summed E-state index contributed by atoms with van der Waals surface area (Å²) >= 11 is 0. The Kier molecular flexibility index (Phi) is 18.4. The van der Waals surface area contributed by atoms with Crippen LogP contribution < -0.4 is 43.5 Å². The van der Waals surface area contributed by atoms with E-state index in [9.17, 15) is 59.2 Å². The first kappa shape index (κ1) is 47.4. The number of nitrogens with one attached hydrogen (secondary N) is 4. The van der Waals surface area contributed by atoms with Gasteiger partial charge in [0, 0.05) is 89.7 Å². The van der Waals surface area contributed by atoms with Crippen molar-refractivity contribution in [3.05, 3.63) is 137 Å². The molecule has 4 rings (SSSR count). The summed E-state index contributed by atoms with van der Waals surface area (Å²) in [4.78, 5) is 101. The fraction of sp³-hybridized carbons (Fsp3) is 0.368. The molecule has 0 atom stereocenters. The molecule has 0 aliphatic carbocycles. The van der Waals surface area contributed by atoms with E-state index in [-0.39, 0.29) is 120 Å². The fourth-order valence-electron chi connectivity index (χ4n) is 5.67. The number of nitrogens with zero attached hydrogens (tertiary/aromatic N) is 6. The van der Waals surface area contributed by atoms with Gasteiger partial charge in [-0.3, -0.25) is 48.2 Å². The molecule has 0 aromatic carbocycles. The number of carbonyl (C=O) groups is 4. The van der Waals surface area contributed by atoms with Crippen LogP contribution in [0.1, 0.15) is 42.0 Å². The van der Waals surface area contributed by atoms with E-state index in [0.717, 1.165) is 24.3 Å². The van der Waals surface area contributed by atoms with E-state index in [4.69, 9.17) is 9.47 Å². The van der Waals surface area contributed by atoms with Gasteiger partial charge in [-0.1, -0.05) is 24.3 Å². The highest BCUT2D eigenvalue weighted by Crippen LogP contribution is 1.99. The monoisotopic (exact) mass is 868 g/mol. The summed E-state index contributed by atoms with van der Waals surface area (Å²) < 4.78 is 12.4. The predicted molar refractivity (Wildman–Crippen MR) is 215 cm³/mol. The molecule has 0 spiro atoms. The van der Waals surface area contributed by atoms with Gasteiger partial charge >= 0.3 is 0 Å². The Bertz CT molecular complexity index is 2080. The van der Waals surface area contributed by atoms with Crippen molar-refractivity contribution in [2.45, 2.75) is 0 Å². The lowest BCUT2D eigenvalue weighted by molar-refractivity contribution is 0.0313. The molecule has 0 aliphatic heterocycles. The van der Waals surface area contributed by atoms with Crippen molar-refractivity contribution >= 4 is 23.6 Å². The molecule has 24 heteroatoms. The molecule has 0 unspecified atom stereocenters. The van der Waals surface area contributed by atoms with Crippen LogP contribution in [0.5, 0.6) is 0 Å². The van der Waals surface area contributed by atoms with Crippen LogP contribution in [-0.4, -0.2) is 165 Å². The number of amides is 4. The van der Waals surface area contributed by atoms with Crippen molar-refractivity contribution in [3.8, 4) is 0 Å². The van der Waals surface area contributed by atoms with Crippen molar-refractivity contribution in [3.63, 3.8) is 0 Å². The van der Waals surface area contributed by atoms with E-state index in [1.807, 2.05) is 9.80 Å². The molecule has 4 amide bonds. The summed E-state index contributed by atoms with van der Waals surface area (Å²) in [6.45, 7) is 2.78. The highest BCUT2D eigenvalue weighted by Gasteiger charge is 2.17. The van der Waals surface area contributed by atoms with Gasteiger partial charge in [-0.25, -0.2) is 0 Å². The Hall–Kier alpha value is -7.28. The molecule has 0 fully saturated rings. The van der Waals surface area contributed by atoms with Gasteiger partial charge in [0.1, 0.15) is 22.8 Å². The van der Waals surface area contributed by atoms with Crippen LogP contribution in [0.2, 0.25) is 0 Å². The van der Waals surface area contributed by atoms with E-state index in [1.54, 1.807) is 0 Å². The first-order chi connectivity index (χ1) is 29.8. The van der Waals surface area contributed by atoms with Gasteiger partial charge in [0.05, 0.1) is 26.4 Å². The van der Waals surface area contributed by atoms with Crippen molar-refractivity contribution in [1.29, 1.82) is 0 Å². The van der Waals surface area contributed by atoms with Crippen LogP contribution in [0.15, 0.2) is 92.0 Å². The van der Waals surface area contributed by atoms with E-state index >= 15 is 0 Å². The Morgan fingerprint density at radius 3 is 0.887 bits per heavy atom. The number of ether oxygens (including phenoxy) is 2. The Morgan fingerprint density at radius 1 is 0.403 bits per heavy atom. The third kappa shape index (κ3) is 14.2. The molecule has 4 heterocycles. The molecule has 0 bridgehead atoms. The first-order valence-electron chi connectivity index (χ1n) is 19.2. The van der Waals surface area contributed by atoms with E-state index in [1.165, 1.54) is 48.5 Å². The fourth-order valence-corrected chi connectivity index (χ4v) is 5.67. The van der Waals surface area contributed by atoms with Crippen molar-refractivity contribution < 1.29 is 49.5 Å². The van der Waals surface area contributed by atoms with Gasteiger partial charge in [0.2, 0.25) is 0 Å². The van der Waals surface area contributed by atoms with Crippen LogP contribution in [0.4, 0.5) is 0 Å². The third-order valence-electron chi connectivity index (χ3n) is 8.98. The first-order valence-corrected chi connectivity index (χ1v) is 19.2. The second-order valence-electron chi connectivity index (χ2n) is 13.2. The van der Waals surface area contributed by atoms with Crippen LogP contribution in [0, 0.1) is 0 Å². The van der Waals surface area contributed by atoms with Gasteiger partial charge in [0.25, 0.3) is 45.9 Å². The molecule has 0 radical (unpaired) electrons. The Morgan fingerprint density at radius 2 is 0.645 bits per heavy atom. The average molecular weight is 869 g/mol. The summed E-state index contributed by atoms with van der Waals surface area (Å²) in [7, 11) is 0. The van der Waals surface area contributed by atoms with Crippen LogP contribution >= 0.6 is 0 Å².